The molecule has 12 heteroatoms. The Morgan fingerprint density at radius 1 is 0.971 bits per heavy atom. The van der Waals surface area contributed by atoms with Gasteiger partial charge in [0, 0.05) is 9.77 Å². The van der Waals surface area contributed by atoms with E-state index >= 15 is 0 Å². The molecule has 0 aliphatic rings. The summed E-state index contributed by atoms with van der Waals surface area (Å²) in [6.45, 7) is 2.27. The van der Waals surface area contributed by atoms with Crippen LogP contribution in [0.4, 0.5) is 0 Å². The minimum Gasteiger partial charge on any atom is -0.480 e. The number of sulfonamides is 1. The first-order chi connectivity index (χ1) is 15.8. The monoisotopic (exact) mass is 616 g/mol. The van der Waals surface area contributed by atoms with Gasteiger partial charge in [-0.3, -0.25) is 4.79 Å². The maximum Gasteiger partial charge on any atom is 0.323 e. The van der Waals surface area contributed by atoms with E-state index in [1.54, 1.807) is 12.1 Å². The summed E-state index contributed by atoms with van der Waals surface area (Å²) in [6.07, 6.45) is 1.25. The summed E-state index contributed by atoms with van der Waals surface area (Å²) in [5.74, 6) is -0.721. The number of carboxylic acids is 1. The van der Waals surface area contributed by atoms with Crippen molar-refractivity contribution in [2.45, 2.75) is 34.6 Å². The van der Waals surface area contributed by atoms with Gasteiger partial charge in [0.1, 0.15) is 17.5 Å². The topological polar surface area (TPSA) is 140 Å². The maximum atomic E-state index is 13.1. The summed E-state index contributed by atoms with van der Waals surface area (Å²) in [5.41, 5.74) is 0. The summed E-state index contributed by atoms with van der Waals surface area (Å²) in [5, 5.41) is 9.37. The van der Waals surface area contributed by atoms with E-state index in [1.807, 2.05) is 16.9 Å². The lowest BCUT2D eigenvalue weighted by atomic mass is 10.1. The zero-order valence-electron chi connectivity index (χ0n) is 18.0. The Morgan fingerprint density at radius 3 is 2.03 bits per heavy atom. The van der Waals surface area contributed by atoms with Crippen LogP contribution in [0.2, 0.25) is 0 Å². The van der Waals surface area contributed by atoms with Crippen molar-refractivity contribution < 1.29 is 31.5 Å². The number of carboxylic acid groups (broad SMARTS) is 1. The van der Waals surface area contributed by atoms with Crippen LogP contribution in [0.15, 0.2) is 82.8 Å². The van der Waals surface area contributed by atoms with Crippen molar-refractivity contribution in [1.82, 2.24) is 9.71 Å². The standard InChI is InChI=1S/C22H21IN2O7S2/c1-22(2,33(28,29)19-5-3-4-14-24-19)20(21(26)27)25-34(30,31)18-12-10-17(11-13-18)32-16-8-6-15(23)7-9-16/h3-14,20,25H,1-2H3,(H,26,27)/t20-/m1/s1. The van der Waals surface area contributed by atoms with Gasteiger partial charge in [0.05, 0.1) is 9.64 Å². The van der Waals surface area contributed by atoms with Crippen LogP contribution in [0.1, 0.15) is 13.8 Å². The minimum atomic E-state index is -4.40. The van der Waals surface area contributed by atoms with E-state index in [9.17, 15) is 26.7 Å². The molecule has 2 aromatic carbocycles. The lowest BCUT2D eigenvalue weighted by Crippen LogP contribution is -2.57. The third-order valence-corrected chi connectivity index (χ3v) is 9.58. The Balaban J connectivity index is 1.86. The quantitative estimate of drug-likeness (QED) is 0.349. The van der Waals surface area contributed by atoms with Crippen molar-refractivity contribution in [3.05, 3.63) is 76.5 Å². The predicted octanol–water partition coefficient (Wildman–Crippen LogP) is 3.46. The van der Waals surface area contributed by atoms with Gasteiger partial charge in [-0.1, -0.05) is 6.07 Å². The van der Waals surface area contributed by atoms with E-state index in [-0.39, 0.29) is 9.92 Å². The lowest BCUT2D eigenvalue weighted by molar-refractivity contribution is -0.139. The number of ether oxygens (including phenoxy) is 1. The molecular formula is C22H21IN2O7S2. The zero-order valence-corrected chi connectivity index (χ0v) is 21.8. The molecule has 0 radical (unpaired) electrons. The van der Waals surface area contributed by atoms with E-state index in [0.29, 0.717) is 11.5 Å². The van der Waals surface area contributed by atoms with Gasteiger partial charge in [-0.15, -0.1) is 0 Å². The SMILES string of the molecule is CC(C)([C@H](NS(=O)(=O)c1ccc(Oc2ccc(I)cc2)cc1)C(=O)O)S(=O)(=O)c1ccccn1. The number of rotatable bonds is 9. The van der Waals surface area contributed by atoms with Gasteiger partial charge >= 0.3 is 5.97 Å². The molecule has 0 aliphatic carbocycles. The van der Waals surface area contributed by atoms with Crippen LogP contribution in [-0.2, 0) is 24.7 Å². The lowest BCUT2D eigenvalue weighted by Gasteiger charge is -2.31. The van der Waals surface area contributed by atoms with E-state index in [2.05, 4.69) is 27.6 Å². The van der Waals surface area contributed by atoms with Crippen molar-refractivity contribution >= 4 is 48.4 Å². The molecule has 0 amide bonds. The van der Waals surface area contributed by atoms with Gasteiger partial charge in [-0.2, -0.15) is 4.72 Å². The highest BCUT2D eigenvalue weighted by molar-refractivity contribution is 14.1. The van der Waals surface area contributed by atoms with Gasteiger partial charge in [0.2, 0.25) is 19.9 Å². The third kappa shape index (κ3) is 5.56. The molecule has 0 aliphatic heterocycles. The van der Waals surface area contributed by atoms with Crippen LogP contribution in [-0.4, -0.2) is 43.7 Å². The minimum absolute atomic E-state index is 0.250. The highest BCUT2D eigenvalue weighted by atomic mass is 127. The van der Waals surface area contributed by atoms with Crippen molar-refractivity contribution in [2.24, 2.45) is 0 Å². The summed E-state index contributed by atoms with van der Waals surface area (Å²) in [7, 11) is -8.72. The molecule has 0 saturated heterocycles. The second-order valence-corrected chi connectivity index (χ2v) is 13.1. The fourth-order valence-electron chi connectivity index (χ4n) is 2.97. The molecule has 3 aromatic rings. The fourth-order valence-corrected chi connectivity index (χ4v) is 6.21. The highest BCUT2D eigenvalue weighted by Crippen LogP contribution is 2.29. The average molecular weight is 616 g/mol. The third-order valence-electron chi connectivity index (χ3n) is 5.00. The molecule has 0 bridgehead atoms. The molecule has 2 N–H and O–H groups in total. The Bertz CT molecular complexity index is 1380. The largest absolute Gasteiger partial charge is 0.480 e. The van der Waals surface area contributed by atoms with Gasteiger partial charge in [0.25, 0.3) is 0 Å². The first-order valence-corrected chi connectivity index (χ1v) is 13.8. The fraction of sp³-hybridized carbons (Fsp3) is 0.182. The average Bonchev–Trinajstić information content (AvgIpc) is 2.79. The van der Waals surface area contributed by atoms with Gasteiger partial charge < -0.3 is 9.84 Å². The number of pyridine rings is 1. The molecular weight excluding hydrogens is 595 g/mol. The second kappa shape index (κ2) is 9.98. The van der Waals surface area contributed by atoms with E-state index in [4.69, 9.17) is 4.74 Å². The van der Waals surface area contributed by atoms with Crippen LogP contribution in [0.5, 0.6) is 11.5 Å². The predicted molar refractivity (Wildman–Crippen MR) is 133 cm³/mol. The number of hydrogen-bond donors (Lipinski definition) is 2. The van der Waals surface area contributed by atoms with Crippen LogP contribution in [0.3, 0.4) is 0 Å². The van der Waals surface area contributed by atoms with Crippen LogP contribution in [0, 0.1) is 3.57 Å². The summed E-state index contributed by atoms with van der Waals surface area (Å²) in [4.78, 5) is 15.5. The molecule has 9 nitrogen and oxygen atoms in total. The first-order valence-electron chi connectivity index (χ1n) is 9.79. The van der Waals surface area contributed by atoms with Crippen LogP contribution in [0.25, 0.3) is 0 Å². The number of sulfone groups is 1. The molecule has 1 atom stereocenters. The van der Waals surface area contributed by atoms with Crippen molar-refractivity contribution in [3.63, 3.8) is 0 Å². The first kappa shape index (κ1) is 26.1. The Morgan fingerprint density at radius 2 is 1.53 bits per heavy atom. The van der Waals surface area contributed by atoms with Gasteiger partial charge in [-0.05, 0) is 97.1 Å². The maximum absolute atomic E-state index is 13.1. The number of benzene rings is 2. The van der Waals surface area contributed by atoms with Crippen molar-refractivity contribution in [3.8, 4) is 11.5 Å². The number of nitrogens with one attached hydrogen (secondary N) is 1. The number of hydrogen-bond acceptors (Lipinski definition) is 7. The molecule has 1 heterocycles. The van der Waals surface area contributed by atoms with Crippen molar-refractivity contribution in [1.29, 1.82) is 0 Å². The molecule has 1 aromatic heterocycles. The summed E-state index contributed by atoms with van der Waals surface area (Å²) < 4.78 is 58.7. The van der Waals surface area contributed by atoms with E-state index < -0.39 is 36.6 Å². The molecule has 3 rings (SSSR count). The number of nitrogens with zero attached hydrogens (tertiary/aromatic N) is 1. The zero-order chi connectivity index (χ0) is 25.1. The number of aromatic nitrogens is 1. The van der Waals surface area contributed by atoms with Crippen molar-refractivity contribution in [2.75, 3.05) is 0 Å². The summed E-state index contributed by atoms with van der Waals surface area (Å²) in [6, 6.07) is 14.7. The molecule has 0 unspecified atom stereocenters. The van der Waals surface area contributed by atoms with E-state index in [0.717, 1.165) is 17.4 Å². The van der Waals surface area contributed by atoms with Crippen LogP contribution < -0.4 is 9.46 Å². The van der Waals surface area contributed by atoms with E-state index in [1.165, 1.54) is 48.7 Å². The highest BCUT2D eigenvalue weighted by Gasteiger charge is 2.49. The Hall–Kier alpha value is -2.55. The number of carbonyl (C=O) groups is 1. The molecule has 0 saturated carbocycles. The second-order valence-electron chi connectivity index (χ2n) is 7.69. The Labute approximate surface area is 211 Å². The van der Waals surface area contributed by atoms with Gasteiger partial charge in [-0.25, -0.2) is 21.8 Å². The summed E-state index contributed by atoms with van der Waals surface area (Å²) >= 11 is 2.16. The molecule has 34 heavy (non-hydrogen) atoms. The van der Waals surface area contributed by atoms with Crippen LogP contribution >= 0.6 is 22.6 Å². The number of aliphatic carboxylic acids is 1. The molecule has 0 spiro atoms. The normalized spacial score (nSPS) is 13.3. The molecule has 180 valence electrons. The number of halogens is 1. The molecule has 0 fully saturated rings. The Kier molecular flexibility index (Phi) is 7.65. The smallest absolute Gasteiger partial charge is 0.323 e. The van der Waals surface area contributed by atoms with Gasteiger partial charge in [0.15, 0.2) is 5.03 Å².